The summed E-state index contributed by atoms with van der Waals surface area (Å²) in [5.74, 6) is -0.419. The monoisotopic (exact) mass is 652 g/mol. The Hall–Kier alpha value is -3.09. The van der Waals surface area contributed by atoms with Crippen molar-refractivity contribution in [1.82, 2.24) is 14.1 Å². The molecule has 0 saturated carbocycles. The highest BCUT2D eigenvalue weighted by Crippen LogP contribution is 2.39. The lowest BCUT2D eigenvalue weighted by molar-refractivity contribution is -0.0440. The molecule has 2 aromatic carbocycles. The quantitative estimate of drug-likeness (QED) is 0.289. The largest absolute Gasteiger partial charge is 0.373 e. The summed E-state index contributed by atoms with van der Waals surface area (Å²) in [7, 11) is -3.73. The molecule has 242 valence electrons. The first-order valence-corrected chi connectivity index (χ1v) is 18.1. The van der Waals surface area contributed by atoms with Gasteiger partial charge < -0.3 is 15.0 Å². The van der Waals surface area contributed by atoms with E-state index in [1.54, 1.807) is 0 Å². The Morgan fingerprint density at radius 2 is 1.62 bits per heavy atom. The molecular weight excluding hydrogens is 609 g/mol. The van der Waals surface area contributed by atoms with Gasteiger partial charge >= 0.3 is 0 Å². The van der Waals surface area contributed by atoms with Gasteiger partial charge in [-0.3, -0.25) is 14.5 Å². The molecule has 2 aliphatic rings. The molecule has 1 N–H and O–H groups in total. The van der Waals surface area contributed by atoms with E-state index in [0.717, 1.165) is 42.8 Å². The maximum atomic E-state index is 14.0. The van der Waals surface area contributed by atoms with Gasteiger partial charge in [0, 0.05) is 56.3 Å². The second kappa shape index (κ2) is 14.6. The number of carbonyl (C=O) groups excluding carboxylic acids is 2. The van der Waals surface area contributed by atoms with Gasteiger partial charge in [-0.1, -0.05) is 44.2 Å². The molecule has 3 heterocycles. The molecule has 9 nitrogen and oxygen atoms in total. The predicted molar refractivity (Wildman–Crippen MR) is 178 cm³/mol. The lowest BCUT2D eigenvalue weighted by atomic mass is 10.0. The number of morpholine rings is 1. The minimum absolute atomic E-state index is 0.0431. The van der Waals surface area contributed by atoms with Crippen LogP contribution in [0.5, 0.6) is 0 Å². The van der Waals surface area contributed by atoms with Crippen LogP contribution in [0.15, 0.2) is 59.5 Å². The van der Waals surface area contributed by atoms with Crippen LogP contribution in [0.2, 0.25) is 0 Å². The fourth-order valence-corrected chi connectivity index (χ4v) is 9.06. The maximum absolute atomic E-state index is 14.0. The molecule has 11 heteroatoms. The van der Waals surface area contributed by atoms with Crippen LogP contribution in [0, 0.1) is 0 Å². The van der Waals surface area contributed by atoms with E-state index >= 15 is 0 Å². The van der Waals surface area contributed by atoms with Gasteiger partial charge in [-0.2, -0.15) is 4.31 Å². The average molecular weight is 653 g/mol. The van der Waals surface area contributed by atoms with Crippen LogP contribution in [0.1, 0.15) is 77.3 Å². The first-order valence-electron chi connectivity index (χ1n) is 15.9. The molecule has 2 aliphatic heterocycles. The van der Waals surface area contributed by atoms with Crippen molar-refractivity contribution in [3.8, 4) is 0 Å². The summed E-state index contributed by atoms with van der Waals surface area (Å²) in [4.78, 5) is 33.1. The van der Waals surface area contributed by atoms with Crippen LogP contribution in [-0.2, 0) is 34.3 Å². The van der Waals surface area contributed by atoms with Crippen molar-refractivity contribution in [2.75, 3.05) is 38.0 Å². The highest BCUT2D eigenvalue weighted by atomic mass is 32.2. The van der Waals surface area contributed by atoms with Crippen LogP contribution in [-0.4, -0.2) is 79.3 Å². The summed E-state index contributed by atoms with van der Waals surface area (Å²) in [6.45, 7) is 12.1. The van der Waals surface area contributed by atoms with Gasteiger partial charge in [0.1, 0.15) is 5.00 Å². The van der Waals surface area contributed by atoms with Gasteiger partial charge in [-0.25, -0.2) is 8.42 Å². The summed E-state index contributed by atoms with van der Waals surface area (Å²) in [5, 5.41) is 3.60. The number of ether oxygens (including phenoxy) is 1. The number of anilines is 1. The van der Waals surface area contributed by atoms with Crippen LogP contribution < -0.4 is 5.32 Å². The van der Waals surface area contributed by atoms with Crippen molar-refractivity contribution >= 4 is 38.2 Å². The minimum Gasteiger partial charge on any atom is -0.373 e. The molecule has 1 saturated heterocycles. The number of nitrogens with zero attached hydrogens (tertiary/aromatic N) is 3. The minimum atomic E-state index is -3.73. The second-order valence-electron chi connectivity index (χ2n) is 12.0. The maximum Gasteiger partial charge on any atom is 0.257 e. The standard InChI is InChI=1S/C34H44N4O5S2/c1-5-17-37(18-6-2)34(40)31-29-16-19-36(22-26-10-8-7-9-11-26)23-30(29)44-33(31)35-32(39)27-12-14-28(15-13-27)45(41,42)38-20-24(3)43-25(4)21-38/h7-15,24-25H,5-6,16-23H2,1-4H3,(H,35,39). The molecular formula is C34H44N4O5S2. The van der Waals surface area contributed by atoms with Crippen LogP contribution in [0.25, 0.3) is 0 Å². The topological polar surface area (TPSA) is 99.3 Å². The third kappa shape index (κ3) is 7.66. The summed E-state index contributed by atoms with van der Waals surface area (Å²) < 4.78 is 33.8. The summed E-state index contributed by atoms with van der Waals surface area (Å²) in [5.41, 5.74) is 3.19. The van der Waals surface area contributed by atoms with Crippen LogP contribution in [0.3, 0.4) is 0 Å². The molecule has 2 unspecified atom stereocenters. The van der Waals surface area contributed by atoms with Crippen molar-refractivity contribution in [2.45, 2.75) is 77.2 Å². The lowest BCUT2D eigenvalue weighted by Crippen LogP contribution is -2.48. The summed E-state index contributed by atoms with van der Waals surface area (Å²) in [6, 6.07) is 16.4. The molecule has 0 radical (unpaired) electrons. The van der Waals surface area contributed by atoms with E-state index in [1.165, 1.54) is 45.5 Å². The predicted octanol–water partition coefficient (Wildman–Crippen LogP) is 5.62. The Bertz CT molecular complexity index is 1570. The van der Waals surface area contributed by atoms with Crippen molar-refractivity contribution in [2.24, 2.45) is 0 Å². The molecule has 2 atom stereocenters. The van der Waals surface area contributed by atoms with Crippen LogP contribution in [0.4, 0.5) is 5.00 Å². The van der Waals surface area contributed by atoms with E-state index in [4.69, 9.17) is 4.74 Å². The smallest absolute Gasteiger partial charge is 0.257 e. The van der Waals surface area contributed by atoms with E-state index in [0.29, 0.717) is 35.8 Å². The SMILES string of the molecule is CCCN(CCC)C(=O)c1c(NC(=O)c2ccc(S(=O)(=O)N3CC(C)OC(C)C3)cc2)sc2c1CCN(Cc1ccccc1)C2. The van der Waals surface area contributed by atoms with E-state index in [2.05, 4.69) is 36.2 Å². The van der Waals surface area contributed by atoms with Crippen molar-refractivity contribution in [3.05, 3.63) is 81.7 Å². The van der Waals surface area contributed by atoms with E-state index < -0.39 is 10.0 Å². The van der Waals surface area contributed by atoms with Gasteiger partial charge in [0.15, 0.2) is 0 Å². The highest BCUT2D eigenvalue weighted by molar-refractivity contribution is 7.89. The zero-order valence-corrected chi connectivity index (χ0v) is 28.3. The fraction of sp³-hybridized carbons (Fsp3) is 0.471. The van der Waals surface area contributed by atoms with Crippen molar-refractivity contribution in [1.29, 1.82) is 0 Å². The number of amides is 2. The van der Waals surface area contributed by atoms with Gasteiger partial charge in [0.25, 0.3) is 11.8 Å². The first kappa shape index (κ1) is 33.3. The van der Waals surface area contributed by atoms with E-state index in [9.17, 15) is 18.0 Å². The van der Waals surface area contributed by atoms with Crippen molar-refractivity contribution in [3.63, 3.8) is 0 Å². The molecule has 5 rings (SSSR count). The zero-order valence-electron chi connectivity index (χ0n) is 26.6. The number of fused-ring (bicyclic) bond motifs is 1. The third-order valence-corrected chi connectivity index (χ3v) is 11.2. The third-order valence-electron chi connectivity index (χ3n) is 8.24. The Labute approximate surface area is 271 Å². The lowest BCUT2D eigenvalue weighted by Gasteiger charge is -2.34. The van der Waals surface area contributed by atoms with E-state index in [1.807, 2.05) is 36.9 Å². The Morgan fingerprint density at radius 3 is 2.24 bits per heavy atom. The summed E-state index contributed by atoms with van der Waals surface area (Å²) in [6.07, 6.45) is 2.04. The normalized spacial score (nSPS) is 19.2. The van der Waals surface area contributed by atoms with Gasteiger partial charge in [0.2, 0.25) is 10.0 Å². The Balaban J connectivity index is 1.39. The molecule has 45 heavy (non-hydrogen) atoms. The molecule has 0 aliphatic carbocycles. The second-order valence-corrected chi connectivity index (χ2v) is 15.0. The van der Waals surface area contributed by atoms with Gasteiger partial charge in [-0.05, 0) is 68.5 Å². The highest BCUT2D eigenvalue weighted by Gasteiger charge is 2.33. The number of benzene rings is 2. The zero-order chi connectivity index (χ0) is 32.1. The molecule has 2 amide bonds. The van der Waals surface area contributed by atoms with Crippen molar-refractivity contribution < 1.29 is 22.7 Å². The number of sulfonamides is 1. The molecule has 0 spiro atoms. The van der Waals surface area contributed by atoms with E-state index in [-0.39, 0.29) is 42.0 Å². The molecule has 1 aromatic heterocycles. The Kier molecular flexibility index (Phi) is 10.8. The number of hydrogen-bond acceptors (Lipinski definition) is 7. The van der Waals surface area contributed by atoms with Gasteiger partial charge in [0.05, 0.1) is 22.7 Å². The molecule has 0 bridgehead atoms. The number of hydrogen-bond donors (Lipinski definition) is 1. The molecule has 1 fully saturated rings. The number of thiophene rings is 1. The molecule has 3 aromatic rings. The Morgan fingerprint density at radius 1 is 0.978 bits per heavy atom. The number of rotatable bonds is 11. The summed E-state index contributed by atoms with van der Waals surface area (Å²) >= 11 is 1.47. The van der Waals surface area contributed by atoms with Gasteiger partial charge in [-0.15, -0.1) is 11.3 Å². The van der Waals surface area contributed by atoms with Crippen LogP contribution >= 0.6 is 11.3 Å². The fourth-order valence-electron chi connectivity index (χ4n) is 6.19. The first-order chi connectivity index (χ1) is 21.6. The average Bonchev–Trinajstić information content (AvgIpc) is 3.37. The number of carbonyl (C=O) groups is 2. The number of nitrogens with one attached hydrogen (secondary N) is 1.